The van der Waals surface area contributed by atoms with Crippen LogP contribution in [0.1, 0.15) is 6.92 Å². The lowest BCUT2D eigenvalue weighted by Gasteiger charge is -2.45. The summed E-state index contributed by atoms with van der Waals surface area (Å²) in [5.41, 5.74) is 0. The molecule has 2 rings (SSSR count). The van der Waals surface area contributed by atoms with E-state index in [0.29, 0.717) is 0 Å². The number of carboxylic acids is 1. The van der Waals surface area contributed by atoms with Gasteiger partial charge in [-0.3, -0.25) is 0 Å². The second-order valence-corrected chi connectivity index (χ2v) is 6.54. The summed E-state index contributed by atoms with van der Waals surface area (Å²) in [7, 11) is 0. The van der Waals surface area contributed by atoms with Crippen LogP contribution in [0.2, 0.25) is 0 Å². The first kappa shape index (κ1) is 28.9. The molecular formula is C15H30O15. The molecular weight excluding hydrogens is 420 g/mol. The quantitative estimate of drug-likeness (QED) is 0.186. The molecule has 0 saturated carbocycles. The van der Waals surface area contributed by atoms with Gasteiger partial charge in [-0.2, -0.15) is 0 Å². The van der Waals surface area contributed by atoms with Gasteiger partial charge in [0.25, 0.3) is 0 Å². The van der Waals surface area contributed by atoms with Crippen molar-refractivity contribution in [2.24, 2.45) is 0 Å². The molecule has 2 aliphatic rings. The second kappa shape index (κ2) is 12.7. The number of aliphatic carboxylic acids is 1. The van der Waals surface area contributed by atoms with Gasteiger partial charge in [0, 0.05) is 0 Å². The first-order valence-electron chi connectivity index (χ1n) is 8.63. The summed E-state index contributed by atoms with van der Waals surface area (Å²) in [5.74, 6) is -1.19. The largest absolute Gasteiger partial charge is 0.479 e. The number of carboxylic acid groups (broad SMARTS) is 1. The Balaban J connectivity index is 0.00000105. The second-order valence-electron chi connectivity index (χ2n) is 6.54. The van der Waals surface area contributed by atoms with Crippen molar-refractivity contribution in [3.63, 3.8) is 0 Å². The molecule has 2 heterocycles. The Morgan fingerprint density at radius 3 is 1.80 bits per heavy atom. The summed E-state index contributed by atoms with van der Waals surface area (Å²) in [6.07, 6.45) is -16.8. The Kier molecular flexibility index (Phi) is 12.3. The predicted octanol–water partition coefficient (Wildman–Crippen LogP) is -6.77. The van der Waals surface area contributed by atoms with Gasteiger partial charge in [0.05, 0.1) is 13.2 Å². The molecule has 15 nitrogen and oxygen atoms in total. The topological polar surface area (TPSA) is 279 Å². The van der Waals surface area contributed by atoms with E-state index in [0.717, 1.165) is 0 Å². The van der Waals surface area contributed by atoms with Crippen LogP contribution in [-0.2, 0) is 19.0 Å². The van der Waals surface area contributed by atoms with Crippen LogP contribution < -0.4 is 0 Å². The van der Waals surface area contributed by atoms with Crippen LogP contribution in [0.25, 0.3) is 0 Å². The molecule has 2 saturated heterocycles. The van der Waals surface area contributed by atoms with Crippen molar-refractivity contribution in [3.05, 3.63) is 0 Å². The van der Waals surface area contributed by atoms with E-state index in [1.165, 1.54) is 6.92 Å². The lowest BCUT2D eigenvalue weighted by molar-refractivity contribution is -0.355. The van der Waals surface area contributed by atoms with Crippen molar-refractivity contribution in [1.82, 2.24) is 0 Å². The minimum Gasteiger partial charge on any atom is -0.479 e. The van der Waals surface area contributed by atoms with Crippen LogP contribution in [0.4, 0.5) is 0 Å². The predicted molar refractivity (Wildman–Crippen MR) is 91.5 cm³/mol. The molecule has 2 aliphatic heterocycles. The molecule has 0 aliphatic carbocycles. The molecule has 12 N–H and O–H groups in total. The molecule has 0 aromatic rings. The number of ether oxygens (including phenoxy) is 3. The zero-order valence-corrected chi connectivity index (χ0v) is 15.9. The fourth-order valence-corrected chi connectivity index (χ4v) is 2.57. The molecule has 2 unspecified atom stereocenters. The molecule has 0 amide bonds. The lowest BCUT2D eigenvalue weighted by Crippen LogP contribution is -2.64. The van der Waals surface area contributed by atoms with Gasteiger partial charge in [0.15, 0.2) is 12.6 Å². The van der Waals surface area contributed by atoms with Crippen LogP contribution in [-0.4, -0.2) is 143 Å². The molecule has 11 atom stereocenters. The number of hydrogen-bond donors (Lipinski definition) is 10. The van der Waals surface area contributed by atoms with Crippen molar-refractivity contribution in [1.29, 1.82) is 0 Å². The van der Waals surface area contributed by atoms with Crippen LogP contribution >= 0.6 is 0 Å². The highest BCUT2D eigenvalue weighted by atomic mass is 16.7. The van der Waals surface area contributed by atoms with Crippen molar-refractivity contribution >= 4 is 5.97 Å². The van der Waals surface area contributed by atoms with Crippen LogP contribution in [0.15, 0.2) is 0 Å². The summed E-state index contributed by atoms with van der Waals surface area (Å²) in [6.45, 7) is -0.148. The maximum Gasteiger partial charge on any atom is 0.332 e. The number of hydrogen-bond acceptors (Lipinski definition) is 13. The van der Waals surface area contributed by atoms with Crippen molar-refractivity contribution in [2.45, 2.75) is 74.4 Å². The highest BCUT2D eigenvalue weighted by Crippen LogP contribution is 2.28. The first-order valence-corrected chi connectivity index (χ1v) is 8.63. The summed E-state index contributed by atoms with van der Waals surface area (Å²) in [5, 5.41) is 92.3. The van der Waals surface area contributed by atoms with Gasteiger partial charge in [0.2, 0.25) is 0 Å². The normalized spacial score (nSPS) is 42.3. The Morgan fingerprint density at radius 2 is 1.37 bits per heavy atom. The molecule has 0 bridgehead atoms. The number of rotatable bonds is 5. The smallest absolute Gasteiger partial charge is 0.332 e. The summed E-state index contributed by atoms with van der Waals surface area (Å²) in [4.78, 5) is 9.45. The van der Waals surface area contributed by atoms with Crippen molar-refractivity contribution in [3.8, 4) is 0 Å². The van der Waals surface area contributed by atoms with E-state index in [2.05, 4.69) is 0 Å². The number of aliphatic hydroxyl groups is 9. The van der Waals surface area contributed by atoms with Crippen LogP contribution in [0.3, 0.4) is 0 Å². The molecule has 0 radical (unpaired) electrons. The van der Waals surface area contributed by atoms with E-state index in [4.69, 9.17) is 29.5 Å². The van der Waals surface area contributed by atoms with Gasteiger partial charge < -0.3 is 70.8 Å². The molecule has 180 valence electrons. The van der Waals surface area contributed by atoms with E-state index in [1.54, 1.807) is 0 Å². The van der Waals surface area contributed by atoms with Gasteiger partial charge in [-0.25, -0.2) is 4.79 Å². The van der Waals surface area contributed by atoms with Crippen molar-refractivity contribution in [2.75, 3.05) is 13.2 Å². The molecule has 0 spiro atoms. The standard InChI is InChI=1S/C12H22O11.C3H6O3.H2O/c13-1-3-5(15)6(16)9(19)12(22-3)23-10-4(2-14)21-11(20)8(18)7(10)17;1-2(4)3(5)6;/h3-20H,1-2H2;2,4H,1H3,(H,5,6);1H2/t3-,4-,5+,6+,7-,8-,9-,10-,11?,12+;;/m1../s1. The van der Waals surface area contributed by atoms with Gasteiger partial charge >= 0.3 is 5.97 Å². The van der Waals surface area contributed by atoms with E-state index in [9.17, 15) is 40.5 Å². The highest BCUT2D eigenvalue weighted by Gasteiger charge is 2.50. The number of carbonyl (C=O) groups is 1. The zero-order chi connectivity index (χ0) is 22.5. The van der Waals surface area contributed by atoms with Gasteiger partial charge in [-0.1, -0.05) is 0 Å². The summed E-state index contributed by atoms with van der Waals surface area (Å²) >= 11 is 0. The average Bonchev–Trinajstić information content (AvgIpc) is 2.68. The first-order chi connectivity index (χ1) is 13.5. The fourth-order valence-electron chi connectivity index (χ4n) is 2.57. The number of aliphatic hydroxyl groups excluding tert-OH is 9. The maximum atomic E-state index is 9.94. The highest BCUT2D eigenvalue weighted by molar-refractivity contribution is 5.71. The Labute approximate surface area is 170 Å². The minimum atomic E-state index is -1.74. The van der Waals surface area contributed by atoms with Crippen LogP contribution in [0.5, 0.6) is 0 Å². The van der Waals surface area contributed by atoms with E-state index in [1.807, 2.05) is 0 Å². The molecule has 2 fully saturated rings. The SMILES string of the molecule is CC(O)C(=O)O.O.OC[C@H]1O[C@@H](O[C@H]2[C@H](O)[C@@H](O)C(O)O[C@@H]2CO)[C@H](O)[C@@H](O)[C@H]1O. The average molecular weight is 450 g/mol. The van der Waals surface area contributed by atoms with Crippen LogP contribution in [0, 0.1) is 0 Å². The monoisotopic (exact) mass is 450 g/mol. The third-order valence-corrected chi connectivity index (χ3v) is 4.34. The third-order valence-electron chi connectivity index (χ3n) is 4.34. The molecule has 0 aromatic carbocycles. The van der Waals surface area contributed by atoms with Gasteiger partial charge in [0.1, 0.15) is 54.9 Å². The Hall–Kier alpha value is -1.05. The van der Waals surface area contributed by atoms with E-state index < -0.39 is 86.7 Å². The molecule has 15 heteroatoms. The van der Waals surface area contributed by atoms with Gasteiger partial charge in [-0.15, -0.1) is 0 Å². The van der Waals surface area contributed by atoms with E-state index in [-0.39, 0.29) is 5.48 Å². The molecule has 30 heavy (non-hydrogen) atoms. The van der Waals surface area contributed by atoms with E-state index >= 15 is 0 Å². The Bertz CT molecular complexity index is 500. The third kappa shape index (κ3) is 6.99. The molecule has 0 aromatic heterocycles. The van der Waals surface area contributed by atoms with Crippen molar-refractivity contribution < 1.29 is 75.5 Å². The zero-order valence-electron chi connectivity index (χ0n) is 15.9. The lowest BCUT2D eigenvalue weighted by atomic mass is 9.97. The summed E-state index contributed by atoms with van der Waals surface area (Å²) in [6, 6.07) is 0. The van der Waals surface area contributed by atoms with Gasteiger partial charge in [-0.05, 0) is 6.92 Å². The minimum absolute atomic E-state index is 0. The fraction of sp³-hybridized carbons (Fsp3) is 0.933. The Morgan fingerprint density at radius 1 is 0.867 bits per heavy atom. The summed E-state index contributed by atoms with van der Waals surface area (Å²) < 4.78 is 15.3. The maximum absolute atomic E-state index is 9.94.